The van der Waals surface area contributed by atoms with Crippen molar-refractivity contribution in [2.24, 2.45) is 17.6 Å². The van der Waals surface area contributed by atoms with Gasteiger partial charge in [-0.05, 0) is 92.0 Å². The van der Waals surface area contributed by atoms with Gasteiger partial charge >= 0.3 is 0 Å². The average Bonchev–Trinajstić information content (AvgIpc) is 3.36. The number of phenols is 1. The minimum atomic E-state index is -0.660. The van der Waals surface area contributed by atoms with Gasteiger partial charge in [-0.25, -0.2) is 0 Å². The molecule has 0 radical (unpaired) electrons. The summed E-state index contributed by atoms with van der Waals surface area (Å²) in [6, 6.07) is 9.04. The van der Waals surface area contributed by atoms with Crippen LogP contribution in [0, 0.1) is 25.7 Å². The smallest absolute Gasteiger partial charge is 0.237 e. The number of hydrogen-bond acceptors (Lipinski definition) is 5. The molecule has 2 aliphatic rings. The number of ether oxygens (including phenoxy) is 1. The van der Waals surface area contributed by atoms with Crippen molar-refractivity contribution in [3.63, 3.8) is 0 Å². The SMILES string of the molecule is CCOc1ccc(CN2CC3CC3C2)cc1CNC(=O)[C@@H](N)Cc1c(C)cc(O)cc1C. The van der Waals surface area contributed by atoms with Crippen molar-refractivity contribution >= 4 is 5.91 Å². The Labute approximate surface area is 190 Å². The summed E-state index contributed by atoms with van der Waals surface area (Å²) in [5.74, 6) is 2.68. The van der Waals surface area contributed by atoms with Crippen LogP contribution in [0.2, 0.25) is 0 Å². The van der Waals surface area contributed by atoms with E-state index in [1.807, 2.05) is 26.8 Å². The minimum absolute atomic E-state index is 0.190. The highest BCUT2D eigenvalue weighted by atomic mass is 16.5. The number of likely N-dealkylation sites (tertiary alicyclic amines) is 1. The number of rotatable bonds is 9. The molecule has 2 aromatic rings. The van der Waals surface area contributed by atoms with E-state index in [1.54, 1.807) is 12.1 Å². The summed E-state index contributed by atoms with van der Waals surface area (Å²) < 4.78 is 5.80. The maximum Gasteiger partial charge on any atom is 0.237 e. The summed E-state index contributed by atoms with van der Waals surface area (Å²) >= 11 is 0. The number of nitrogens with one attached hydrogen (secondary N) is 1. The molecule has 172 valence electrons. The molecule has 1 saturated carbocycles. The van der Waals surface area contributed by atoms with Crippen LogP contribution in [0.3, 0.4) is 0 Å². The molecule has 2 fully saturated rings. The van der Waals surface area contributed by atoms with Gasteiger partial charge in [-0.3, -0.25) is 9.69 Å². The Bertz CT molecular complexity index is 957. The molecule has 4 N–H and O–H groups in total. The molecule has 1 amide bonds. The van der Waals surface area contributed by atoms with E-state index in [0.717, 1.165) is 46.4 Å². The van der Waals surface area contributed by atoms with E-state index < -0.39 is 6.04 Å². The molecule has 0 aromatic heterocycles. The van der Waals surface area contributed by atoms with Gasteiger partial charge in [0.1, 0.15) is 11.5 Å². The van der Waals surface area contributed by atoms with Crippen LogP contribution in [-0.2, 0) is 24.3 Å². The number of fused-ring (bicyclic) bond motifs is 1. The van der Waals surface area contributed by atoms with Crippen molar-refractivity contribution in [1.82, 2.24) is 10.2 Å². The Morgan fingerprint density at radius 3 is 2.56 bits per heavy atom. The highest BCUT2D eigenvalue weighted by Crippen LogP contribution is 2.45. The van der Waals surface area contributed by atoms with Gasteiger partial charge in [0.2, 0.25) is 5.91 Å². The predicted molar refractivity (Wildman–Crippen MR) is 126 cm³/mol. The second-order valence-electron chi connectivity index (χ2n) is 9.41. The number of nitrogens with zero attached hydrogens (tertiary/aromatic N) is 1. The lowest BCUT2D eigenvalue weighted by Gasteiger charge is -2.20. The Hall–Kier alpha value is -2.57. The molecule has 1 heterocycles. The van der Waals surface area contributed by atoms with Crippen molar-refractivity contribution in [1.29, 1.82) is 0 Å². The van der Waals surface area contributed by atoms with E-state index in [0.29, 0.717) is 19.6 Å². The Morgan fingerprint density at radius 1 is 1.22 bits per heavy atom. The number of phenolic OH excluding ortho intramolecular Hbond substituents is 1. The summed E-state index contributed by atoms with van der Waals surface area (Å²) in [7, 11) is 0. The van der Waals surface area contributed by atoms with Gasteiger partial charge in [-0.2, -0.15) is 0 Å². The molecule has 4 rings (SSSR count). The van der Waals surface area contributed by atoms with Gasteiger partial charge in [0.25, 0.3) is 0 Å². The first-order valence-electron chi connectivity index (χ1n) is 11.6. The maximum atomic E-state index is 12.7. The topological polar surface area (TPSA) is 87.8 Å². The largest absolute Gasteiger partial charge is 0.508 e. The number of carbonyl (C=O) groups is 1. The maximum absolute atomic E-state index is 12.7. The lowest BCUT2D eigenvalue weighted by Crippen LogP contribution is -2.42. The lowest BCUT2D eigenvalue weighted by molar-refractivity contribution is -0.122. The Kier molecular flexibility index (Phi) is 6.72. The predicted octanol–water partition coefficient (Wildman–Crippen LogP) is 3.05. The molecule has 0 spiro atoms. The van der Waals surface area contributed by atoms with Crippen molar-refractivity contribution in [3.05, 3.63) is 58.1 Å². The normalized spacial score (nSPS) is 20.6. The third-order valence-corrected chi connectivity index (χ3v) is 6.78. The third kappa shape index (κ3) is 5.25. The van der Waals surface area contributed by atoms with Crippen molar-refractivity contribution in [2.45, 2.75) is 52.7 Å². The van der Waals surface area contributed by atoms with E-state index in [9.17, 15) is 9.90 Å². The lowest BCUT2D eigenvalue weighted by atomic mass is 9.96. The van der Waals surface area contributed by atoms with Gasteiger partial charge < -0.3 is 20.9 Å². The van der Waals surface area contributed by atoms with Crippen molar-refractivity contribution in [2.75, 3.05) is 19.7 Å². The summed E-state index contributed by atoms with van der Waals surface area (Å²) in [5, 5.41) is 12.7. The van der Waals surface area contributed by atoms with Crippen LogP contribution in [0.4, 0.5) is 0 Å². The van der Waals surface area contributed by atoms with Crippen LogP contribution in [0.1, 0.15) is 41.2 Å². The minimum Gasteiger partial charge on any atom is -0.508 e. The van der Waals surface area contributed by atoms with E-state index in [-0.39, 0.29) is 11.7 Å². The van der Waals surface area contributed by atoms with Crippen LogP contribution in [0.25, 0.3) is 0 Å². The Balaban J connectivity index is 1.38. The van der Waals surface area contributed by atoms with Gasteiger partial charge in [0.15, 0.2) is 0 Å². The molecule has 1 aliphatic heterocycles. The van der Waals surface area contributed by atoms with E-state index in [4.69, 9.17) is 10.5 Å². The van der Waals surface area contributed by atoms with E-state index >= 15 is 0 Å². The molecular formula is C26H35N3O3. The molecule has 1 aliphatic carbocycles. The fourth-order valence-corrected chi connectivity index (χ4v) is 4.97. The first kappa shape index (κ1) is 22.6. The summed E-state index contributed by atoms with van der Waals surface area (Å²) in [6.45, 7) is 10.1. The molecule has 3 atom stereocenters. The monoisotopic (exact) mass is 437 g/mol. The summed E-state index contributed by atoms with van der Waals surface area (Å²) in [6.07, 6.45) is 1.83. The van der Waals surface area contributed by atoms with Crippen LogP contribution >= 0.6 is 0 Å². The van der Waals surface area contributed by atoms with Crippen molar-refractivity contribution in [3.8, 4) is 11.5 Å². The molecule has 32 heavy (non-hydrogen) atoms. The first-order chi connectivity index (χ1) is 15.3. The zero-order valence-electron chi connectivity index (χ0n) is 19.4. The highest BCUT2D eigenvalue weighted by molar-refractivity contribution is 5.82. The molecule has 0 bridgehead atoms. The molecule has 6 heteroatoms. The molecule has 2 aromatic carbocycles. The first-order valence-corrected chi connectivity index (χ1v) is 11.6. The quantitative estimate of drug-likeness (QED) is 0.561. The highest BCUT2D eigenvalue weighted by Gasteiger charge is 2.44. The molecule has 6 nitrogen and oxygen atoms in total. The van der Waals surface area contributed by atoms with Crippen LogP contribution in [0.5, 0.6) is 11.5 Å². The van der Waals surface area contributed by atoms with Gasteiger partial charge in [-0.1, -0.05) is 6.07 Å². The van der Waals surface area contributed by atoms with Crippen LogP contribution in [-0.4, -0.2) is 41.7 Å². The van der Waals surface area contributed by atoms with Gasteiger partial charge in [-0.15, -0.1) is 0 Å². The Morgan fingerprint density at radius 2 is 1.91 bits per heavy atom. The molecule has 1 saturated heterocycles. The van der Waals surface area contributed by atoms with Crippen molar-refractivity contribution < 1.29 is 14.6 Å². The average molecular weight is 438 g/mol. The van der Waals surface area contributed by atoms with Gasteiger partial charge in [0, 0.05) is 31.7 Å². The van der Waals surface area contributed by atoms with E-state index in [2.05, 4.69) is 22.3 Å². The number of nitrogens with two attached hydrogens (primary N) is 1. The van der Waals surface area contributed by atoms with E-state index in [1.165, 1.54) is 25.1 Å². The van der Waals surface area contributed by atoms with Gasteiger partial charge in [0.05, 0.1) is 12.6 Å². The number of carbonyl (C=O) groups excluding carboxylic acids is 1. The summed E-state index contributed by atoms with van der Waals surface area (Å²) in [5.41, 5.74) is 11.3. The zero-order chi connectivity index (χ0) is 22.8. The number of piperidine rings is 1. The number of amides is 1. The second kappa shape index (κ2) is 9.51. The molecule has 2 unspecified atom stereocenters. The number of hydrogen-bond donors (Lipinski definition) is 3. The summed E-state index contributed by atoms with van der Waals surface area (Å²) in [4.78, 5) is 15.3. The number of aromatic hydroxyl groups is 1. The van der Waals surface area contributed by atoms with Crippen LogP contribution in [0.15, 0.2) is 30.3 Å². The number of benzene rings is 2. The molecular weight excluding hydrogens is 402 g/mol. The standard InChI is InChI=1S/C26H35N3O3/c1-4-32-25-6-5-18(13-29-14-20-10-21(20)15-29)9-19(25)12-28-26(31)24(27)11-23-16(2)7-22(30)8-17(23)3/h5-9,20-21,24,30H,4,10-15,27H2,1-3H3,(H,28,31)/t20?,21?,24-/m0/s1. The fourth-order valence-electron chi connectivity index (χ4n) is 4.97. The fraction of sp³-hybridized carbons (Fsp3) is 0.500. The number of aryl methyl sites for hydroxylation is 2. The zero-order valence-corrected chi connectivity index (χ0v) is 19.4. The second-order valence-corrected chi connectivity index (χ2v) is 9.41. The third-order valence-electron chi connectivity index (χ3n) is 6.78. The van der Waals surface area contributed by atoms with Crippen LogP contribution < -0.4 is 15.8 Å².